The van der Waals surface area contributed by atoms with E-state index in [1.54, 1.807) is 25.1 Å². The summed E-state index contributed by atoms with van der Waals surface area (Å²) < 4.78 is 66.0. The predicted molar refractivity (Wildman–Crippen MR) is 124 cm³/mol. The standard InChI is InChI=1S/C21H21ClN2O6S2/c1-14-18(22)5-4-6-19(14)24-31(25,26)16-9-7-15(8-10-16)23-32(27,28)17-11-12-20(29-2)21(13-17)30-3/h4-13,23-24H,1-3H3. The molecule has 0 atom stereocenters. The third kappa shape index (κ3) is 5.09. The highest BCUT2D eigenvalue weighted by molar-refractivity contribution is 7.93. The van der Waals surface area contributed by atoms with Gasteiger partial charge in [-0.3, -0.25) is 9.44 Å². The van der Waals surface area contributed by atoms with Gasteiger partial charge in [-0.15, -0.1) is 0 Å². The lowest BCUT2D eigenvalue weighted by Gasteiger charge is -2.13. The summed E-state index contributed by atoms with van der Waals surface area (Å²) in [4.78, 5) is -0.0733. The molecule has 0 aliphatic rings. The number of hydrogen-bond donors (Lipinski definition) is 2. The third-order valence-corrected chi connectivity index (χ3v) is 7.76. The minimum atomic E-state index is -3.94. The monoisotopic (exact) mass is 496 g/mol. The Morgan fingerprint density at radius 3 is 1.97 bits per heavy atom. The van der Waals surface area contributed by atoms with Crippen molar-refractivity contribution in [3.8, 4) is 11.5 Å². The lowest BCUT2D eigenvalue weighted by Crippen LogP contribution is -2.15. The van der Waals surface area contributed by atoms with E-state index in [4.69, 9.17) is 21.1 Å². The van der Waals surface area contributed by atoms with Crippen molar-refractivity contribution in [1.82, 2.24) is 0 Å². The summed E-state index contributed by atoms with van der Waals surface area (Å²) in [5, 5.41) is 0.435. The van der Waals surface area contributed by atoms with Gasteiger partial charge in [0.25, 0.3) is 20.0 Å². The van der Waals surface area contributed by atoms with Gasteiger partial charge in [-0.25, -0.2) is 16.8 Å². The van der Waals surface area contributed by atoms with Crippen molar-refractivity contribution >= 4 is 43.0 Å². The first-order chi connectivity index (χ1) is 15.1. The Kier molecular flexibility index (Phi) is 6.87. The van der Waals surface area contributed by atoms with E-state index in [-0.39, 0.29) is 21.2 Å². The van der Waals surface area contributed by atoms with Crippen LogP contribution in [0.3, 0.4) is 0 Å². The van der Waals surface area contributed by atoms with Crippen molar-refractivity contribution in [2.75, 3.05) is 23.7 Å². The van der Waals surface area contributed by atoms with Gasteiger partial charge < -0.3 is 9.47 Å². The second kappa shape index (κ2) is 9.27. The van der Waals surface area contributed by atoms with Crippen LogP contribution in [0.25, 0.3) is 0 Å². The van der Waals surface area contributed by atoms with E-state index in [0.29, 0.717) is 22.0 Å². The Bertz CT molecular complexity index is 1340. The number of hydrogen-bond acceptors (Lipinski definition) is 6. The van der Waals surface area contributed by atoms with Crippen LogP contribution in [0, 0.1) is 6.92 Å². The molecular formula is C21H21ClN2O6S2. The SMILES string of the molecule is COc1ccc(S(=O)(=O)Nc2ccc(S(=O)(=O)Nc3cccc(Cl)c3C)cc2)cc1OC. The van der Waals surface area contributed by atoms with Gasteiger partial charge >= 0.3 is 0 Å². The maximum absolute atomic E-state index is 12.7. The lowest BCUT2D eigenvalue weighted by atomic mass is 10.2. The fraction of sp³-hybridized carbons (Fsp3) is 0.143. The van der Waals surface area contributed by atoms with Crippen molar-refractivity contribution in [2.24, 2.45) is 0 Å². The molecule has 2 N–H and O–H groups in total. The first-order valence-corrected chi connectivity index (χ1v) is 12.5. The molecule has 0 fully saturated rings. The highest BCUT2D eigenvalue weighted by Crippen LogP contribution is 2.30. The zero-order valence-electron chi connectivity index (χ0n) is 17.4. The Labute approximate surface area is 192 Å². The largest absolute Gasteiger partial charge is 0.493 e. The number of benzene rings is 3. The van der Waals surface area contributed by atoms with Crippen molar-refractivity contribution < 1.29 is 26.3 Å². The van der Waals surface area contributed by atoms with E-state index < -0.39 is 20.0 Å². The molecule has 170 valence electrons. The molecule has 0 heterocycles. The second-order valence-corrected chi connectivity index (χ2v) is 10.4. The molecule has 3 aromatic rings. The normalized spacial score (nSPS) is 11.6. The average molecular weight is 497 g/mol. The molecule has 0 amide bonds. The third-order valence-electron chi connectivity index (χ3n) is 4.59. The van der Waals surface area contributed by atoms with Crippen LogP contribution in [0.15, 0.2) is 70.5 Å². The first kappa shape index (κ1) is 23.7. The molecule has 0 radical (unpaired) electrons. The van der Waals surface area contributed by atoms with Gasteiger partial charge in [0.15, 0.2) is 11.5 Å². The van der Waals surface area contributed by atoms with E-state index in [9.17, 15) is 16.8 Å². The quantitative estimate of drug-likeness (QED) is 0.482. The second-order valence-electron chi connectivity index (χ2n) is 6.66. The number of ether oxygens (including phenoxy) is 2. The molecule has 0 saturated carbocycles. The molecule has 32 heavy (non-hydrogen) atoms. The van der Waals surface area contributed by atoms with E-state index in [2.05, 4.69) is 9.44 Å². The summed E-state index contributed by atoms with van der Waals surface area (Å²) in [6, 6.07) is 14.4. The maximum Gasteiger partial charge on any atom is 0.262 e. The van der Waals surface area contributed by atoms with Crippen LogP contribution >= 0.6 is 11.6 Å². The molecule has 0 bridgehead atoms. The van der Waals surface area contributed by atoms with Crippen molar-refractivity contribution in [2.45, 2.75) is 16.7 Å². The maximum atomic E-state index is 12.7. The van der Waals surface area contributed by atoms with Gasteiger partial charge in [-0.1, -0.05) is 17.7 Å². The number of rotatable bonds is 8. The Morgan fingerprint density at radius 1 is 0.750 bits per heavy atom. The predicted octanol–water partition coefficient (Wildman–Crippen LogP) is 4.27. The summed E-state index contributed by atoms with van der Waals surface area (Å²) in [6.07, 6.45) is 0. The molecule has 8 nitrogen and oxygen atoms in total. The summed E-state index contributed by atoms with van der Waals surface area (Å²) in [6.45, 7) is 1.70. The van der Waals surface area contributed by atoms with E-state index in [0.717, 1.165) is 0 Å². The van der Waals surface area contributed by atoms with Crippen LogP contribution in [0.5, 0.6) is 11.5 Å². The number of halogens is 1. The van der Waals surface area contributed by atoms with Crippen LogP contribution in [0.4, 0.5) is 11.4 Å². The molecule has 0 saturated heterocycles. The van der Waals surface area contributed by atoms with Crippen LogP contribution < -0.4 is 18.9 Å². The highest BCUT2D eigenvalue weighted by atomic mass is 35.5. The van der Waals surface area contributed by atoms with Crippen LogP contribution in [0.2, 0.25) is 5.02 Å². The number of anilines is 2. The van der Waals surface area contributed by atoms with Gasteiger partial charge in [0.05, 0.1) is 29.7 Å². The zero-order valence-corrected chi connectivity index (χ0v) is 19.8. The van der Waals surface area contributed by atoms with Crippen molar-refractivity contribution in [1.29, 1.82) is 0 Å². The minimum Gasteiger partial charge on any atom is -0.493 e. The molecule has 0 aliphatic carbocycles. The molecule has 0 aliphatic heterocycles. The van der Waals surface area contributed by atoms with E-state index in [1.165, 1.54) is 56.7 Å². The molecule has 3 aromatic carbocycles. The molecule has 0 spiro atoms. The number of methoxy groups -OCH3 is 2. The molecule has 0 unspecified atom stereocenters. The minimum absolute atomic E-state index is 0.0362. The fourth-order valence-corrected chi connectivity index (χ4v) is 5.19. The highest BCUT2D eigenvalue weighted by Gasteiger charge is 2.19. The number of nitrogens with one attached hydrogen (secondary N) is 2. The Hall–Kier alpha value is -2.95. The summed E-state index contributed by atoms with van der Waals surface area (Å²) >= 11 is 6.04. The Balaban J connectivity index is 1.81. The van der Waals surface area contributed by atoms with Crippen LogP contribution in [-0.2, 0) is 20.0 Å². The fourth-order valence-electron chi connectivity index (χ4n) is 2.82. The van der Waals surface area contributed by atoms with Gasteiger partial charge in [-0.2, -0.15) is 0 Å². The molecule has 11 heteroatoms. The number of sulfonamides is 2. The zero-order chi connectivity index (χ0) is 23.5. The van der Waals surface area contributed by atoms with Crippen LogP contribution in [0.1, 0.15) is 5.56 Å². The van der Waals surface area contributed by atoms with E-state index >= 15 is 0 Å². The molecule has 0 aromatic heterocycles. The van der Waals surface area contributed by atoms with Crippen molar-refractivity contribution in [3.05, 3.63) is 71.2 Å². The summed E-state index contributed by atoms with van der Waals surface area (Å²) in [5.41, 5.74) is 1.14. The Morgan fingerprint density at radius 2 is 1.34 bits per heavy atom. The summed E-state index contributed by atoms with van der Waals surface area (Å²) in [5.74, 6) is 0.655. The smallest absolute Gasteiger partial charge is 0.262 e. The van der Waals surface area contributed by atoms with Gasteiger partial charge in [0.2, 0.25) is 0 Å². The first-order valence-electron chi connectivity index (χ1n) is 9.20. The average Bonchev–Trinajstić information content (AvgIpc) is 2.76. The van der Waals surface area contributed by atoms with E-state index in [1.807, 2.05) is 0 Å². The topological polar surface area (TPSA) is 111 Å². The summed E-state index contributed by atoms with van der Waals surface area (Å²) in [7, 11) is -4.99. The van der Waals surface area contributed by atoms with Crippen molar-refractivity contribution in [3.63, 3.8) is 0 Å². The van der Waals surface area contributed by atoms with Gasteiger partial charge in [0, 0.05) is 16.8 Å². The van der Waals surface area contributed by atoms with Gasteiger partial charge in [0.1, 0.15) is 0 Å². The van der Waals surface area contributed by atoms with Gasteiger partial charge in [-0.05, 0) is 61.0 Å². The molecular weight excluding hydrogens is 476 g/mol. The molecule has 3 rings (SSSR count). The van der Waals surface area contributed by atoms with Crippen LogP contribution in [-0.4, -0.2) is 31.1 Å². The lowest BCUT2D eigenvalue weighted by molar-refractivity contribution is 0.354.